The van der Waals surface area contributed by atoms with E-state index in [1.807, 2.05) is 6.92 Å². The van der Waals surface area contributed by atoms with Gasteiger partial charge in [-0.25, -0.2) is 13.1 Å². The number of sulfonamides is 1. The van der Waals surface area contributed by atoms with E-state index in [4.69, 9.17) is 5.73 Å². The summed E-state index contributed by atoms with van der Waals surface area (Å²) in [6.45, 7) is 5.03. The molecule has 1 aromatic rings. The lowest BCUT2D eigenvalue weighted by Gasteiger charge is -2.28. The summed E-state index contributed by atoms with van der Waals surface area (Å²) in [5.74, 6) is 0.633. The van der Waals surface area contributed by atoms with E-state index >= 15 is 0 Å². The van der Waals surface area contributed by atoms with Crippen molar-refractivity contribution < 1.29 is 8.42 Å². The summed E-state index contributed by atoms with van der Waals surface area (Å²) >= 11 is 1.27. The maximum absolute atomic E-state index is 12.3. The second-order valence-corrected chi connectivity index (χ2v) is 8.94. The molecule has 0 spiro atoms. The van der Waals surface area contributed by atoms with Gasteiger partial charge >= 0.3 is 0 Å². The van der Waals surface area contributed by atoms with E-state index < -0.39 is 10.0 Å². The number of nitrogens with one attached hydrogen (secondary N) is 1. The molecule has 7 heteroatoms. The molecular formula is C14H25N3O2S2. The standard InChI is InChI=1S/C14H25N3O2S2/c1-11-9-14(20-13(11)10-15)21(18,19)16-6-3-12-4-7-17(2)8-5-12/h9,12,16H,3-8,10,15H2,1-2H3. The SMILES string of the molecule is Cc1cc(S(=O)(=O)NCCC2CCN(C)CC2)sc1CN. The molecule has 5 nitrogen and oxygen atoms in total. The maximum atomic E-state index is 12.3. The van der Waals surface area contributed by atoms with E-state index in [0.29, 0.717) is 23.2 Å². The number of thiophene rings is 1. The van der Waals surface area contributed by atoms with Gasteiger partial charge in [-0.05, 0) is 63.9 Å². The third kappa shape index (κ3) is 4.50. The second kappa shape index (κ2) is 7.19. The zero-order valence-electron chi connectivity index (χ0n) is 12.8. The number of hydrogen-bond acceptors (Lipinski definition) is 5. The Morgan fingerprint density at radius 1 is 1.43 bits per heavy atom. The zero-order valence-corrected chi connectivity index (χ0v) is 14.4. The first-order valence-electron chi connectivity index (χ1n) is 7.40. The number of hydrogen-bond donors (Lipinski definition) is 2. The molecule has 2 rings (SSSR count). The number of piperidine rings is 1. The van der Waals surface area contributed by atoms with Gasteiger partial charge in [-0.3, -0.25) is 0 Å². The van der Waals surface area contributed by atoms with Gasteiger partial charge in [-0.15, -0.1) is 11.3 Å². The molecule has 2 heterocycles. The van der Waals surface area contributed by atoms with Crippen LogP contribution in [0.5, 0.6) is 0 Å². The average molecular weight is 332 g/mol. The van der Waals surface area contributed by atoms with Crippen molar-refractivity contribution in [3.8, 4) is 0 Å². The molecule has 3 N–H and O–H groups in total. The molecule has 0 radical (unpaired) electrons. The predicted octanol–water partition coefficient (Wildman–Crippen LogP) is 1.53. The Balaban J connectivity index is 1.86. The number of nitrogens with zero attached hydrogens (tertiary/aromatic N) is 1. The highest BCUT2D eigenvalue weighted by molar-refractivity contribution is 7.91. The minimum Gasteiger partial charge on any atom is -0.326 e. The van der Waals surface area contributed by atoms with Crippen molar-refractivity contribution in [3.63, 3.8) is 0 Å². The highest BCUT2D eigenvalue weighted by Crippen LogP contribution is 2.25. The van der Waals surface area contributed by atoms with Crippen LogP contribution in [0.15, 0.2) is 10.3 Å². The van der Waals surface area contributed by atoms with Gasteiger partial charge in [0, 0.05) is 18.0 Å². The molecular weight excluding hydrogens is 306 g/mol. The van der Waals surface area contributed by atoms with Crippen LogP contribution in [0, 0.1) is 12.8 Å². The minimum absolute atomic E-state index is 0.379. The lowest BCUT2D eigenvalue weighted by molar-refractivity contribution is 0.213. The highest BCUT2D eigenvalue weighted by atomic mass is 32.2. The van der Waals surface area contributed by atoms with Gasteiger partial charge < -0.3 is 10.6 Å². The van der Waals surface area contributed by atoms with Crippen LogP contribution in [0.3, 0.4) is 0 Å². The summed E-state index contributed by atoms with van der Waals surface area (Å²) in [7, 11) is -1.25. The minimum atomic E-state index is -3.38. The van der Waals surface area contributed by atoms with Crippen LogP contribution in [0.4, 0.5) is 0 Å². The fourth-order valence-electron chi connectivity index (χ4n) is 2.64. The van der Waals surface area contributed by atoms with E-state index in [1.54, 1.807) is 6.07 Å². The third-order valence-corrected chi connectivity index (χ3v) is 7.33. The lowest BCUT2D eigenvalue weighted by atomic mass is 9.94. The van der Waals surface area contributed by atoms with Crippen LogP contribution in [0.2, 0.25) is 0 Å². The Labute approximate surface area is 131 Å². The fourth-order valence-corrected chi connectivity index (χ4v) is 5.20. The van der Waals surface area contributed by atoms with Crippen LogP contribution >= 0.6 is 11.3 Å². The van der Waals surface area contributed by atoms with E-state index in [0.717, 1.165) is 42.8 Å². The Kier molecular flexibility index (Phi) is 5.79. The number of nitrogens with two attached hydrogens (primary N) is 1. The first-order chi connectivity index (χ1) is 9.92. The van der Waals surface area contributed by atoms with Crippen molar-refractivity contribution in [1.29, 1.82) is 0 Å². The van der Waals surface area contributed by atoms with E-state index in [1.165, 1.54) is 11.3 Å². The van der Waals surface area contributed by atoms with Gasteiger partial charge in [0.1, 0.15) is 4.21 Å². The molecule has 0 atom stereocenters. The molecule has 0 unspecified atom stereocenters. The molecule has 21 heavy (non-hydrogen) atoms. The van der Waals surface area contributed by atoms with Crippen molar-refractivity contribution in [1.82, 2.24) is 9.62 Å². The first kappa shape index (κ1) is 16.9. The summed E-state index contributed by atoms with van der Waals surface area (Å²) in [6, 6.07) is 1.71. The lowest BCUT2D eigenvalue weighted by Crippen LogP contribution is -2.32. The van der Waals surface area contributed by atoms with Gasteiger partial charge in [-0.1, -0.05) is 0 Å². The van der Waals surface area contributed by atoms with Gasteiger partial charge in [-0.2, -0.15) is 0 Å². The van der Waals surface area contributed by atoms with Crippen LogP contribution < -0.4 is 10.5 Å². The molecule has 0 saturated carbocycles. The van der Waals surface area contributed by atoms with E-state index in [2.05, 4.69) is 16.7 Å². The molecule has 120 valence electrons. The van der Waals surface area contributed by atoms with Gasteiger partial charge in [0.25, 0.3) is 0 Å². The second-order valence-electron chi connectivity index (χ2n) is 5.81. The quantitative estimate of drug-likeness (QED) is 0.829. The highest BCUT2D eigenvalue weighted by Gasteiger charge is 2.20. The molecule has 1 aromatic heterocycles. The molecule has 1 fully saturated rings. The predicted molar refractivity (Wildman–Crippen MR) is 87.0 cm³/mol. The van der Waals surface area contributed by atoms with Crippen molar-refractivity contribution in [2.75, 3.05) is 26.7 Å². The summed E-state index contributed by atoms with van der Waals surface area (Å²) in [6.07, 6.45) is 3.24. The number of aryl methyl sites for hydroxylation is 1. The van der Waals surface area contributed by atoms with Crippen molar-refractivity contribution in [3.05, 3.63) is 16.5 Å². The number of rotatable bonds is 6. The molecule has 0 amide bonds. The van der Waals surface area contributed by atoms with E-state index in [-0.39, 0.29) is 0 Å². The Morgan fingerprint density at radius 2 is 2.10 bits per heavy atom. The summed E-state index contributed by atoms with van der Waals surface area (Å²) in [5.41, 5.74) is 6.56. The fraction of sp³-hybridized carbons (Fsp3) is 0.714. The average Bonchev–Trinajstić information content (AvgIpc) is 2.83. The van der Waals surface area contributed by atoms with E-state index in [9.17, 15) is 8.42 Å². The first-order valence-corrected chi connectivity index (χ1v) is 9.70. The van der Waals surface area contributed by atoms with Crippen LogP contribution in [0.25, 0.3) is 0 Å². The van der Waals surface area contributed by atoms with Crippen molar-refractivity contribution in [2.24, 2.45) is 11.7 Å². The van der Waals surface area contributed by atoms with Gasteiger partial charge in [0.05, 0.1) is 0 Å². The van der Waals surface area contributed by atoms with Gasteiger partial charge in [0.2, 0.25) is 10.0 Å². The molecule has 1 saturated heterocycles. The van der Waals surface area contributed by atoms with Crippen molar-refractivity contribution >= 4 is 21.4 Å². The molecule has 0 aromatic carbocycles. The Bertz CT molecular complexity index is 561. The van der Waals surface area contributed by atoms with Crippen LogP contribution in [0.1, 0.15) is 29.7 Å². The summed E-state index contributed by atoms with van der Waals surface area (Å²) in [4.78, 5) is 3.26. The maximum Gasteiger partial charge on any atom is 0.250 e. The largest absolute Gasteiger partial charge is 0.326 e. The Hall–Kier alpha value is -0.470. The van der Waals surface area contributed by atoms with Crippen LogP contribution in [-0.2, 0) is 16.6 Å². The molecule has 0 bridgehead atoms. The normalized spacial score (nSPS) is 18.2. The van der Waals surface area contributed by atoms with Gasteiger partial charge in [0.15, 0.2) is 0 Å². The summed E-state index contributed by atoms with van der Waals surface area (Å²) < 4.78 is 27.6. The number of likely N-dealkylation sites (tertiary alicyclic amines) is 1. The monoisotopic (exact) mass is 331 g/mol. The molecule has 1 aliphatic rings. The third-order valence-electron chi connectivity index (χ3n) is 4.13. The Morgan fingerprint density at radius 3 is 2.67 bits per heavy atom. The summed E-state index contributed by atoms with van der Waals surface area (Å²) in [5, 5.41) is 0. The van der Waals surface area contributed by atoms with Crippen LogP contribution in [-0.4, -0.2) is 40.0 Å². The smallest absolute Gasteiger partial charge is 0.250 e. The molecule has 0 aliphatic carbocycles. The molecule has 1 aliphatic heterocycles. The van der Waals surface area contributed by atoms with Crippen molar-refractivity contribution in [2.45, 2.75) is 36.9 Å². The zero-order chi connectivity index (χ0) is 15.5. The topological polar surface area (TPSA) is 75.4 Å².